The van der Waals surface area contributed by atoms with E-state index in [1.165, 1.54) is 13.8 Å². The van der Waals surface area contributed by atoms with E-state index < -0.39 is 53.5 Å². The second-order valence-electron chi connectivity index (χ2n) is 10.2. The highest BCUT2D eigenvalue weighted by Gasteiger charge is 2.35. The molecule has 12 nitrogen and oxygen atoms in total. The fraction of sp³-hybridized carbons (Fsp3) is 0.600. The lowest BCUT2D eigenvalue weighted by molar-refractivity contribution is -0.252. The van der Waals surface area contributed by atoms with Crippen molar-refractivity contribution in [3.8, 4) is 0 Å². The molecule has 40 heavy (non-hydrogen) atoms. The summed E-state index contributed by atoms with van der Waals surface area (Å²) in [5, 5.41) is 8.55. The standard InChI is InChI=1S/C25H32I3N3O9/c1-11(40-12(2)32)21(33)31-20-18(27)15(22(34)29-13-7-36-24(3,4)37-8-13)17(26)16(19(20)28)23(35)30-14-9-38-25(5,6)39-10-14/h11,13-14H,7-10H2,1-6H3,(H,29,34)(H,30,35)(H,31,33). The molecule has 3 amide bonds. The molecule has 1 aromatic carbocycles. The van der Waals surface area contributed by atoms with E-state index >= 15 is 0 Å². The first-order valence-electron chi connectivity index (χ1n) is 12.4. The average Bonchev–Trinajstić information content (AvgIpc) is 2.84. The van der Waals surface area contributed by atoms with E-state index in [0.717, 1.165) is 0 Å². The second kappa shape index (κ2) is 13.6. The third kappa shape index (κ3) is 8.59. The van der Waals surface area contributed by atoms with Crippen molar-refractivity contribution in [2.75, 3.05) is 31.7 Å². The van der Waals surface area contributed by atoms with Gasteiger partial charge >= 0.3 is 5.97 Å². The third-order valence-corrected chi connectivity index (χ3v) is 9.17. The molecule has 0 spiro atoms. The molecule has 1 aromatic rings. The van der Waals surface area contributed by atoms with Gasteiger partial charge in [0.2, 0.25) is 0 Å². The molecule has 3 N–H and O–H groups in total. The first-order valence-corrected chi connectivity index (χ1v) is 15.6. The molecule has 15 heteroatoms. The molecule has 0 radical (unpaired) electrons. The Labute approximate surface area is 273 Å². The molecule has 0 aromatic heterocycles. The van der Waals surface area contributed by atoms with Crippen LogP contribution >= 0.6 is 67.8 Å². The molecular weight excluding hydrogens is 867 g/mol. The number of hydrogen-bond donors (Lipinski definition) is 3. The SMILES string of the molecule is CC(=O)OC(C)C(=O)Nc1c(I)c(C(=O)NC2COC(C)(C)OC2)c(I)c(C(=O)NC2COC(C)(C)OC2)c1I. The summed E-state index contributed by atoms with van der Waals surface area (Å²) in [5.74, 6) is -3.67. The number of anilines is 1. The maximum Gasteiger partial charge on any atom is 0.303 e. The number of ether oxygens (including phenoxy) is 5. The molecule has 0 aliphatic carbocycles. The minimum atomic E-state index is -1.10. The van der Waals surface area contributed by atoms with Gasteiger partial charge in [-0.25, -0.2) is 0 Å². The van der Waals surface area contributed by atoms with Gasteiger partial charge in [0.15, 0.2) is 17.7 Å². The average molecular weight is 899 g/mol. The molecule has 1 unspecified atom stereocenters. The van der Waals surface area contributed by atoms with Crippen LogP contribution in [0.3, 0.4) is 0 Å². The van der Waals surface area contributed by atoms with Crippen LogP contribution in [0.25, 0.3) is 0 Å². The Balaban J connectivity index is 1.97. The van der Waals surface area contributed by atoms with Gasteiger partial charge in [0.1, 0.15) is 0 Å². The Hall–Kier alpha value is -0.870. The number of rotatable bonds is 7. The van der Waals surface area contributed by atoms with Crippen LogP contribution in [0, 0.1) is 10.7 Å². The van der Waals surface area contributed by atoms with Gasteiger partial charge in [-0.2, -0.15) is 0 Å². The lowest BCUT2D eigenvalue weighted by Crippen LogP contribution is -2.51. The number of nitrogens with one attached hydrogen (secondary N) is 3. The smallest absolute Gasteiger partial charge is 0.303 e. The minimum absolute atomic E-state index is 0.198. The maximum absolute atomic E-state index is 13.6. The number of carbonyl (C=O) groups excluding carboxylic acids is 4. The Morgan fingerprint density at radius 3 is 1.50 bits per heavy atom. The van der Waals surface area contributed by atoms with Crippen molar-refractivity contribution in [2.24, 2.45) is 0 Å². The second-order valence-corrected chi connectivity index (χ2v) is 13.4. The molecule has 0 saturated carbocycles. The van der Waals surface area contributed by atoms with Crippen molar-refractivity contribution in [3.05, 3.63) is 21.8 Å². The molecule has 1 atom stereocenters. The molecule has 2 saturated heterocycles. The van der Waals surface area contributed by atoms with Crippen LogP contribution in [0.1, 0.15) is 62.3 Å². The van der Waals surface area contributed by atoms with Gasteiger partial charge in [0.05, 0.1) is 62.5 Å². The number of carbonyl (C=O) groups is 4. The lowest BCUT2D eigenvalue weighted by atomic mass is 10.1. The fourth-order valence-electron chi connectivity index (χ4n) is 3.77. The summed E-state index contributed by atoms with van der Waals surface area (Å²) in [6.45, 7) is 10.7. The number of hydrogen-bond acceptors (Lipinski definition) is 9. The van der Waals surface area contributed by atoms with Crippen molar-refractivity contribution in [1.29, 1.82) is 0 Å². The van der Waals surface area contributed by atoms with Crippen LogP contribution in [-0.4, -0.2) is 79.9 Å². The van der Waals surface area contributed by atoms with E-state index in [-0.39, 0.29) is 43.2 Å². The van der Waals surface area contributed by atoms with E-state index in [1.807, 2.05) is 67.8 Å². The van der Waals surface area contributed by atoms with Crippen LogP contribution in [0.4, 0.5) is 5.69 Å². The van der Waals surface area contributed by atoms with E-state index in [4.69, 9.17) is 23.7 Å². The fourth-order valence-corrected chi connectivity index (χ4v) is 8.18. The zero-order valence-electron chi connectivity index (χ0n) is 22.9. The Bertz CT molecular complexity index is 1100. The minimum Gasteiger partial charge on any atom is -0.453 e. The Morgan fingerprint density at radius 2 is 1.15 bits per heavy atom. The number of amides is 3. The zero-order chi connectivity index (χ0) is 30.0. The van der Waals surface area contributed by atoms with Crippen LogP contribution in [0.15, 0.2) is 0 Å². The van der Waals surface area contributed by atoms with Gasteiger partial charge in [0, 0.05) is 10.5 Å². The summed E-state index contributed by atoms with van der Waals surface area (Å²) in [5.41, 5.74) is 0.643. The summed E-state index contributed by atoms with van der Waals surface area (Å²) in [4.78, 5) is 51.5. The van der Waals surface area contributed by atoms with E-state index in [0.29, 0.717) is 10.7 Å². The molecule has 2 heterocycles. The van der Waals surface area contributed by atoms with Gasteiger partial charge < -0.3 is 39.6 Å². The van der Waals surface area contributed by atoms with Crippen LogP contribution in [-0.2, 0) is 33.3 Å². The highest BCUT2D eigenvalue weighted by atomic mass is 127. The molecular formula is C25H32I3N3O9. The topological polar surface area (TPSA) is 151 Å². The first kappa shape index (κ1) is 33.6. The zero-order valence-corrected chi connectivity index (χ0v) is 29.3. The largest absolute Gasteiger partial charge is 0.453 e. The number of esters is 1. The van der Waals surface area contributed by atoms with Crippen LogP contribution in [0.2, 0.25) is 0 Å². The van der Waals surface area contributed by atoms with Gasteiger partial charge in [-0.1, -0.05) is 0 Å². The maximum atomic E-state index is 13.6. The van der Waals surface area contributed by atoms with E-state index in [2.05, 4.69) is 16.0 Å². The molecule has 0 bridgehead atoms. The quantitative estimate of drug-likeness (QED) is 0.277. The Morgan fingerprint density at radius 1 is 0.775 bits per heavy atom. The van der Waals surface area contributed by atoms with Gasteiger partial charge in [-0.3, -0.25) is 19.2 Å². The van der Waals surface area contributed by atoms with Gasteiger partial charge in [0.25, 0.3) is 17.7 Å². The lowest BCUT2D eigenvalue weighted by Gasteiger charge is -2.35. The highest BCUT2D eigenvalue weighted by Crippen LogP contribution is 2.36. The molecule has 2 aliphatic heterocycles. The Kier molecular flexibility index (Phi) is 11.4. The third-order valence-electron chi connectivity index (χ3n) is 5.93. The van der Waals surface area contributed by atoms with E-state index in [9.17, 15) is 19.2 Å². The summed E-state index contributed by atoms with van der Waals surface area (Å²) in [6, 6.07) is -0.851. The summed E-state index contributed by atoms with van der Waals surface area (Å²) in [7, 11) is 0. The number of halogens is 3. The predicted molar refractivity (Wildman–Crippen MR) is 169 cm³/mol. The highest BCUT2D eigenvalue weighted by molar-refractivity contribution is 14.1. The summed E-state index contributed by atoms with van der Waals surface area (Å²) in [6.07, 6.45) is -1.10. The monoisotopic (exact) mass is 899 g/mol. The molecule has 3 rings (SSSR count). The van der Waals surface area contributed by atoms with Crippen molar-refractivity contribution in [3.63, 3.8) is 0 Å². The van der Waals surface area contributed by atoms with E-state index in [1.54, 1.807) is 27.7 Å². The van der Waals surface area contributed by atoms with Crippen molar-refractivity contribution in [2.45, 2.75) is 71.3 Å². The number of benzene rings is 1. The summed E-state index contributed by atoms with van der Waals surface area (Å²) >= 11 is 5.89. The van der Waals surface area contributed by atoms with Crippen LogP contribution in [0.5, 0.6) is 0 Å². The predicted octanol–water partition coefficient (Wildman–Crippen LogP) is 3.15. The molecule has 2 aliphatic rings. The summed E-state index contributed by atoms with van der Waals surface area (Å²) < 4.78 is 28.9. The van der Waals surface area contributed by atoms with Gasteiger partial charge in [-0.15, -0.1) is 0 Å². The van der Waals surface area contributed by atoms with Crippen molar-refractivity contribution < 1.29 is 42.9 Å². The van der Waals surface area contributed by atoms with Gasteiger partial charge in [-0.05, 0) is 102 Å². The normalized spacial score (nSPS) is 19.8. The first-order chi connectivity index (χ1) is 18.5. The van der Waals surface area contributed by atoms with Crippen molar-refractivity contribution >= 4 is 97.2 Å². The van der Waals surface area contributed by atoms with Crippen molar-refractivity contribution in [1.82, 2.24) is 10.6 Å². The molecule has 222 valence electrons. The molecule has 2 fully saturated rings. The van der Waals surface area contributed by atoms with Crippen LogP contribution < -0.4 is 16.0 Å².